The normalized spacial score (nSPS) is 15.2. The second kappa shape index (κ2) is 7.01. The molecule has 1 aliphatic rings. The zero-order valence-electron chi connectivity index (χ0n) is 14.4. The van der Waals surface area contributed by atoms with Crippen LogP contribution >= 0.6 is 0 Å². The van der Waals surface area contributed by atoms with Gasteiger partial charge in [0.25, 0.3) is 0 Å². The third kappa shape index (κ3) is 3.31. The molecule has 1 saturated heterocycles. The van der Waals surface area contributed by atoms with E-state index in [1.165, 1.54) is 37.1 Å². The van der Waals surface area contributed by atoms with Gasteiger partial charge in [-0.2, -0.15) is 5.26 Å². The highest BCUT2D eigenvalue weighted by Crippen LogP contribution is 2.23. The van der Waals surface area contributed by atoms with Crippen molar-refractivity contribution in [1.82, 2.24) is 9.97 Å². The maximum atomic E-state index is 13.3. The number of aromatic nitrogens is 2. The van der Waals surface area contributed by atoms with Crippen LogP contribution in [0.5, 0.6) is 0 Å². The molecule has 0 radical (unpaired) electrons. The molecule has 5 heteroatoms. The topological polar surface area (TPSA) is 55.7 Å². The van der Waals surface area contributed by atoms with Crippen LogP contribution in [-0.4, -0.2) is 23.1 Å². The lowest BCUT2D eigenvalue weighted by atomic mass is 10.1. The Labute approximate surface area is 151 Å². The van der Waals surface area contributed by atoms with E-state index in [2.05, 4.69) is 33.1 Å². The van der Waals surface area contributed by atoms with Crippen LogP contribution in [0.1, 0.15) is 30.7 Å². The van der Waals surface area contributed by atoms with Crippen molar-refractivity contribution >= 4 is 28.4 Å². The van der Waals surface area contributed by atoms with Crippen molar-refractivity contribution in [3.8, 4) is 6.07 Å². The van der Waals surface area contributed by atoms with Crippen molar-refractivity contribution in [2.24, 2.45) is 0 Å². The molecule has 0 spiro atoms. The zero-order chi connectivity index (χ0) is 17.9. The van der Waals surface area contributed by atoms with Crippen molar-refractivity contribution in [3.05, 3.63) is 59.7 Å². The number of benzene rings is 2. The fourth-order valence-electron chi connectivity index (χ4n) is 3.36. The molecule has 1 N–H and O–H groups in total. The van der Waals surface area contributed by atoms with Gasteiger partial charge < -0.3 is 9.88 Å². The van der Waals surface area contributed by atoms with E-state index >= 15 is 0 Å². The summed E-state index contributed by atoms with van der Waals surface area (Å²) in [6, 6.07) is 14.8. The van der Waals surface area contributed by atoms with Gasteiger partial charge in [0.15, 0.2) is 0 Å². The number of piperidine rings is 1. The van der Waals surface area contributed by atoms with E-state index in [0.717, 1.165) is 18.7 Å². The molecule has 0 unspecified atom stereocenters. The second-order valence-electron chi connectivity index (χ2n) is 6.56. The Kier molecular flexibility index (Phi) is 4.40. The predicted octanol–water partition coefficient (Wildman–Crippen LogP) is 4.76. The van der Waals surface area contributed by atoms with Gasteiger partial charge in [-0.1, -0.05) is 12.1 Å². The molecule has 2 aromatic carbocycles. The van der Waals surface area contributed by atoms with E-state index in [1.807, 2.05) is 12.1 Å². The second-order valence-corrected chi connectivity index (χ2v) is 6.56. The number of halogens is 1. The highest BCUT2D eigenvalue weighted by Gasteiger charge is 2.11. The Hall–Kier alpha value is -3.13. The number of nitrogens with one attached hydrogen (secondary N) is 1. The van der Waals surface area contributed by atoms with Crippen molar-refractivity contribution < 1.29 is 4.39 Å². The summed E-state index contributed by atoms with van der Waals surface area (Å²) in [5, 5.41) is 9.52. The van der Waals surface area contributed by atoms with Crippen molar-refractivity contribution in [2.45, 2.75) is 19.3 Å². The number of H-pyrrole nitrogens is 1. The van der Waals surface area contributed by atoms with Gasteiger partial charge in [-0.25, -0.2) is 9.37 Å². The number of allylic oxidation sites excluding steroid dienone is 1. The van der Waals surface area contributed by atoms with Crippen molar-refractivity contribution in [2.75, 3.05) is 18.0 Å². The van der Waals surface area contributed by atoms with E-state index in [0.29, 0.717) is 22.4 Å². The molecule has 3 aromatic rings. The summed E-state index contributed by atoms with van der Waals surface area (Å²) in [4.78, 5) is 9.81. The molecule has 0 aliphatic carbocycles. The largest absolute Gasteiger partial charge is 0.372 e. The summed E-state index contributed by atoms with van der Waals surface area (Å²) in [6.45, 7) is 2.21. The van der Waals surface area contributed by atoms with Gasteiger partial charge >= 0.3 is 0 Å². The monoisotopic (exact) mass is 346 g/mol. The number of hydrogen-bond donors (Lipinski definition) is 1. The molecule has 0 bridgehead atoms. The van der Waals surface area contributed by atoms with Crippen molar-refractivity contribution in [3.63, 3.8) is 0 Å². The molecule has 4 nitrogen and oxygen atoms in total. The summed E-state index contributed by atoms with van der Waals surface area (Å²) < 4.78 is 13.3. The average Bonchev–Trinajstić information content (AvgIpc) is 3.10. The van der Waals surface area contributed by atoms with Gasteiger partial charge in [-0.3, -0.25) is 0 Å². The zero-order valence-corrected chi connectivity index (χ0v) is 14.4. The number of fused-ring (bicyclic) bond motifs is 1. The number of anilines is 1. The first-order chi connectivity index (χ1) is 12.7. The predicted molar refractivity (Wildman–Crippen MR) is 102 cm³/mol. The van der Waals surface area contributed by atoms with Gasteiger partial charge in [0, 0.05) is 18.8 Å². The van der Waals surface area contributed by atoms with E-state index in [4.69, 9.17) is 0 Å². The third-order valence-corrected chi connectivity index (χ3v) is 4.74. The number of aromatic amines is 1. The SMILES string of the molecule is N#C/C(=C/c1ccc(N2CCCCC2)cc1)c1nc2ccc(F)cc2[nH]1. The first-order valence-electron chi connectivity index (χ1n) is 8.85. The summed E-state index contributed by atoms with van der Waals surface area (Å²) in [5.41, 5.74) is 3.81. The molecule has 0 amide bonds. The maximum absolute atomic E-state index is 13.3. The van der Waals surface area contributed by atoms with Crippen molar-refractivity contribution in [1.29, 1.82) is 5.26 Å². The smallest absolute Gasteiger partial charge is 0.149 e. The van der Waals surface area contributed by atoms with Gasteiger partial charge in [-0.05, 0) is 61.2 Å². The van der Waals surface area contributed by atoms with Crippen LogP contribution in [0, 0.1) is 17.1 Å². The molecule has 130 valence electrons. The van der Waals surface area contributed by atoms with Crippen LogP contribution in [-0.2, 0) is 0 Å². The Morgan fingerprint density at radius 3 is 2.62 bits per heavy atom. The van der Waals surface area contributed by atoms with Crippen LogP contribution in [0.4, 0.5) is 10.1 Å². The standard InChI is InChI=1S/C21H19FN4/c22-17-6-9-19-20(13-17)25-21(24-19)16(14-23)12-15-4-7-18(8-5-15)26-10-2-1-3-11-26/h4-9,12-13H,1-3,10-11H2,(H,24,25)/b16-12-. The van der Waals surface area contributed by atoms with Gasteiger partial charge in [0.1, 0.15) is 17.7 Å². The average molecular weight is 346 g/mol. The Morgan fingerprint density at radius 1 is 1.12 bits per heavy atom. The number of rotatable bonds is 3. The molecule has 26 heavy (non-hydrogen) atoms. The van der Waals surface area contributed by atoms with Gasteiger partial charge in [0.05, 0.1) is 16.6 Å². The van der Waals surface area contributed by atoms with Crippen LogP contribution in [0.15, 0.2) is 42.5 Å². The minimum Gasteiger partial charge on any atom is -0.372 e. The number of nitriles is 1. The molecular formula is C21H19FN4. The van der Waals surface area contributed by atoms with Crippen LogP contribution in [0.2, 0.25) is 0 Å². The summed E-state index contributed by atoms with van der Waals surface area (Å²) >= 11 is 0. The highest BCUT2D eigenvalue weighted by atomic mass is 19.1. The van der Waals surface area contributed by atoms with Gasteiger partial charge in [0.2, 0.25) is 0 Å². The lowest BCUT2D eigenvalue weighted by Crippen LogP contribution is -2.29. The van der Waals surface area contributed by atoms with E-state index in [9.17, 15) is 9.65 Å². The summed E-state index contributed by atoms with van der Waals surface area (Å²) in [5.74, 6) is 0.122. The number of nitrogens with zero attached hydrogens (tertiary/aromatic N) is 3. The number of hydrogen-bond acceptors (Lipinski definition) is 3. The Morgan fingerprint density at radius 2 is 1.88 bits per heavy atom. The Balaban J connectivity index is 1.61. The first-order valence-corrected chi connectivity index (χ1v) is 8.85. The molecular weight excluding hydrogens is 327 g/mol. The summed E-state index contributed by atoms with van der Waals surface area (Å²) in [7, 11) is 0. The lowest BCUT2D eigenvalue weighted by molar-refractivity contribution is 0.578. The lowest BCUT2D eigenvalue weighted by Gasteiger charge is -2.28. The van der Waals surface area contributed by atoms with Crippen LogP contribution in [0.25, 0.3) is 22.7 Å². The third-order valence-electron chi connectivity index (χ3n) is 4.74. The molecule has 2 heterocycles. The molecule has 1 aliphatic heterocycles. The number of imidazole rings is 1. The fraction of sp³-hybridized carbons (Fsp3) is 0.238. The summed E-state index contributed by atoms with van der Waals surface area (Å²) in [6.07, 6.45) is 5.60. The van der Waals surface area contributed by atoms with E-state index in [-0.39, 0.29) is 5.82 Å². The highest BCUT2D eigenvalue weighted by molar-refractivity contribution is 5.90. The molecule has 0 saturated carbocycles. The molecule has 1 fully saturated rings. The van der Waals surface area contributed by atoms with E-state index in [1.54, 1.807) is 12.1 Å². The van der Waals surface area contributed by atoms with Gasteiger partial charge in [-0.15, -0.1) is 0 Å². The molecule has 1 aromatic heterocycles. The maximum Gasteiger partial charge on any atom is 0.149 e. The molecule has 0 atom stereocenters. The van der Waals surface area contributed by atoms with Crippen LogP contribution in [0.3, 0.4) is 0 Å². The van der Waals surface area contributed by atoms with E-state index < -0.39 is 0 Å². The minimum atomic E-state index is -0.330. The molecule has 4 rings (SSSR count). The minimum absolute atomic E-state index is 0.330. The van der Waals surface area contributed by atoms with Crippen LogP contribution < -0.4 is 4.90 Å². The quantitative estimate of drug-likeness (QED) is 0.696. The first kappa shape index (κ1) is 16.3. The fourth-order valence-corrected chi connectivity index (χ4v) is 3.36. The Bertz CT molecular complexity index is 989.